The third-order valence-electron chi connectivity index (χ3n) is 2.46. The normalized spacial score (nSPS) is 11.1. The first-order valence-electron chi connectivity index (χ1n) is 5.47. The van der Waals surface area contributed by atoms with Crippen molar-refractivity contribution in [2.45, 2.75) is 4.90 Å². The van der Waals surface area contributed by atoms with Gasteiger partial charge in [0.1, 0.15) is 0 Å². The highest BCUT2D eigenvalue weighted by Gasteiger charge is 2.18. The summed E-state index contributed by atoms with van der Waals surface area (Å²) >= 11 is 1.80. The number of pyridine rings is 1. The summed E-state index contributed by atoms with van der Waals surface area (Å²) in [5.41, 5.74) is -0.0393. The third-order valence-corrected chi connectivity index (χ3v) is 4.78. The molecule has 21 heavy (non-hydrogen) atoms. The molecule has 0 fully saturated rings. The summed E-state index contributed by atoms with van der Waals surface area (Å²) < 4.78 is 39.6. The van der Waals surface area contributed by atoms with E-state index in [9.17, 15) is 17.6 Å². The molecule has 0 atom stereocenters. The molecule has 0 spiro atoms. The van der Waals surface area contributed by atoms with Gasteiger partial charge in [0.25, 0.3) is 10.0 Å². The van der Waals surface area contributed by atoms with Crippen LogP contribution in [-0.4, -0.2) is 24.5 Å². The lowest BCUT2D eigenvalue weighted by molar-refractivity contribution is 0.0695. The molecule has 110 valence electrons. The second-order valence-electron chi connectivity index (χ2n) is 3.92. The van der Waals surface area contributed by atoms with Crippen LogP contribution in [0.5, 0.6) is 0 Å². The van der Waals surface area contributed by atoms with Gasteiger partial charge in [-0.3, -0.25) is 4.72 Å². The van der Waals surface area contributed by atoms with Crippen molar-refractivity contribution in [3.05, 3.63) is 51.6 Å². The van der Waals surface area contributed by atoms with E-state index in [0.29, 0.717) is 3.57 Å². The molecule has 1 aromatic carbocycles. The van der Waals surface area contributed by atoms with Crippen LogP contribution in [0.15, 0.2) is 41.4 Å². The quantitative estimate of drug-likeness (QED) is 0.583. The molecule has 0 unspecified atom stereocenters. The molecule has 0 amide bonds. The largest absolute Gasteiger partial charge is 0.478 e. The Balaban J connectivity index is 2.38. The number of carboxylic acid groups (broad SMARTS) is 1. The number of rotatable bonds is 4. The van der Waals surface area contributed by atoms with E-state index < -0.39 is 21.9 Å². The highest BCUT2D eigenvalue weighted by atomic mass is 127. The lowest BCUT2D eigenvalue weighted by Gasteiger charge is -2.09. The Bertz CT molecular complexity index is 793. The van der Waals surface area contributed by atoms with Crippen LogP contribution < -0.4 is 4.72 Å². The van der Waals surface area contributed by atoms with E-state index in [1.165, 1.54) is 18.2 Å². The van der Waals surface area contributed by atoms with E-state index in [-0.39, 0.29) is 16.1 Å². The molecule has 0 saturated carbocycles. The van der Waals surface area contributed by atoms with Gasteiger partial charge in [0.15, 0.2) is 0 Å². The number of nitrogens with one attached hydrogen (secondary N) is 1. The zero-order chi connectivity index (χ0) is 15.6. The summed E-state index contributed by atoms with van der Waals surface area (Å²) in [5.74, 6) is -1.96. The van der Waals surface area contributed by atoms with E-state index in [2.05, 4.69) is 9.71 Å². The second kappa shape index (κ2) is 5.93. The lowest BCUT2D eigenvalue weighted by atomic mass is 10.2. The van der Waals surface area contributed by atoms with Crippen LogP contribution in [0.1, 0.15) is 10.4 Å². The number of aromatic carboxylic acids is 1. The van der Waals surface area contributed by atoms with Gasteiger partial charge < -0.3 is 5.11 Å². The molecule has 6 nitrogen and oxygen atoms in total. The van der Waals surface area contributed by atoms with Crippen LogP contribution in [0.25, 0.3) is 0 Å². The Kier molecular flexibility index (Phi) is 4.42. The summed E-state index contributed by atoms with van der Waals surface area (Å²) in [5, 5.41) is 9.00. The van der Waals surface area contributed by atoms with Gasteiger partial charge in [-0.15, -0.1) is 0 Å². The fraction of sp³-hybridized carbons (Fsp3) is 0. The van der Waals surface area contributed by atoms with Crippen LogP contribution in [-0.2, 0) is 10.0 Å². The zero-order valence-corrected chi connectivity index (χ0v) is 13.2. The highest BCUT2D eigenvalue weighted by molar-refractivity contribution is 14.1. The Morgan fingerprint density at radius 3 is 2.57 bits per heavy atom. The number of sulfonamides is 1. The van der Waals surface area contributed by atoms with E-state index >= 15 is 0 Å². The summed E-state index contributed by atoms with van der Waals surface area (Å²) in [7, 11) is -3.98. The minimum Gasteiger partial charge on any atom is -0.478 e. The Hall–Kier alpha value is -1.75. The first kappa shape index (κ1) is 15.6. The van der Waals surface area contributed by atoms with E-state index in [0.717, 1.165) is 18.3 Å². The number of hydrogen-bond donors (Lipinski definition) is 2. The first-order chi connectivity index (χ1) is 9.79. The van der Waals surface area contributed by atoms with Crippen molar-refractivity contribution >= 4 is 44.3 Å². The minimum absolute atomic E-state index is 0.0758. The van der Waals surface area contributed by atoms with E-state index in [4.69, 9.17) is 5.11 Å². The third kappa shape index (κ3) is 3.67. The maximum Gasteiger partial charge on any atom is 0.336 e. The van der Waals surface area contributed by atoms with Gasteiger partial charge in [-0.2, -0.15) is 4.39 Å². The molecule has 9 heteroatoms. The summed E-state index contributed by atoms with van der Waals surface area (Å²) in [6.07, 6.45) is 1.03. The molecule has 2 rings (SSSR count). The maximum atomic E-state index is 12.7. The molecule has 1 aromatic heterocycles. The molecule has 0 bridgehead atoms. The smallest absolute Gasteiger partial charge is 0.336 e. The molecule has 0 aliphatic heterocycles. The van der Waals surface area contributed by atoms with Crippen LogP contribution >= 0.6 is 22.6 Å². The van der Waals surface area contributed by atoms with Gasteiger partial charge in [0, 0.05) is 3.57 Å². The standard InChI is InChI=1S/C12H8FIN2O4S/c13-11-4-1-7(6-15-11)16-21(19,20)8-2-3-10(14)9(5-8)12(17)18/h1-6,16H,(H,17,18). The number of carbonyl (C=O) groups is 1. The summed E-state index contributed by atoms with van der Waals surface area (Å²) in [6.45, 7) is 0. The van der Waals surface area contributed by atoms with Crippen molar-refractivity contribution in [1.82, 2.24) is 4.98 Å². The molecule has 2 N–H and O–H groups in total. The number of halogens is 2. The molecule has 0 aliphatic rings. The first-order valence-corrected chi connectivity index (χ1v) is 8.03. The molecule has 0 saturated heterocycles. The van der Waals surface area contributed by atoms with Gasteiger partial charge in [-0.05, 0) is 52.9 Å². The second-order valence-corrected chi connectivity index (χ2v) is 6.77. The summed E-state index contributed by atoms with van der Waals surface area (Å²) in [4.78, 5) is 14.1. The van der Waals surface area contributed by atoms with E-state index in [1.807, 2.05) is 0 Å². The minimum atomic E-state index is -3.98. The summed E-state index contributed by atoms with van der Waals surface area (Å²) in [6, 6.07) is 5.96. The SMILES string of the molecule is O=C(O)c1cc(S(=O)(=O)Nc2ccc(F)nc2)ccc1I. The van der Waals surface area contributed by atoms with Crippen molar-refractivity contribution in [3.8, 4) is 0 Å². The molecular formula is C12H8FIN2O4S. The van der Waals surface area contributed by atoms with Gasteiger partial charge in [0.05, 0.1) is 22.3 Å². The molecule has 2 aromatic rings. The van der Waals surface area contributed by atoms with Crippen molar-refractivity contribution in [2.75, 3.05) is 4.72 Å². The van der Waals surface area contributed by atoms with Crippen molar-refractivity contribution in [1.29, 1.82) is 0 Å². The number of anilines is 1. The predicted octanol–water partition coefficient (Wildman–Crippen LogP) is 2.32. The van der Waals surface area contributed by atoms with Gasteiger partial charge in [0.2, 0.25) is 5.95 Å². The molecule has 0 aliphatic carbocycles. The average molecular weight is 422 g/mol. The molecular weight excluding hydrogens is 414 g/mol. The maximum absolute atomic E-state index is 12.7. The van der Waals surface area contributed by atoms with Gasteiger partial charge in [-0.25, -0.2) is 18.2 Å². The van der Waals surface area contributed by atoms with Crippen molar-refractivity contribution in [2.24, 2.45) is 0 Å². The molecule has 1 heterocycles. The van der Waals surface area contributed by atoms with Crippen LogP contribution in [0.3, 0.4) is 0 Å². The molecule has 0 radical (unpaired) electrons. The van der Waals surface area contributed by atoms with Crippen LogP contribution in [0.4, 0.5) is 10.1 Å². The number of aromatic nitrogens is 1. The predicted molar refractivity (Wildman–Crippen MR) is 81.1 cm³/mol. The number of carboxylic acids is 1. The topological polar surface area (TPSA) is 96.4 Å². The Labute approximate surface area is 133 Å². The zero-order valence-electron chi connectivity index (χ0n) is 10.2. The number of nitrogens with zero attached hydrogens (tertiary/aromatic N) is 1. The fourth-order valence-corrected chi connectivity index (χ4v) is 3.12. The number of benzene rings is 1. The highest BCUT2D eigenvalue weighted by Crippen LogP contribution is 2.20. The van der Waals surface area contributed by atoms with Crippen LogP contribution in [0, 0.1) is 9.52 Å². The van der Waals surface area contributed by atoms with Crippen LogP contribution in [0.2, 0.25) is 0 Å². The fourth-order valence-electron chi connectivity index (χ4n) is 1.49. The Morgan fingerprint density at radius 2 is 2.00 bits per heavy atom. The van der Waals surface area contributed by atoms with Gasteiger partial charge >= 0.3 is 5.97 Å². The number of hydrogen-bond acceptors (Lipinski definition) is 4. The van der Waals surface area contributed by atoms with Crippen molar-refractivity contribution < 1.29 is 22.7 Å². The average Bonchev–Trinajstić information content (AvgIpc) is 2.41. The monoisotopic (exact) mass is 422 g/mol. The Morgan fingerprint density at radius 1 is 1.29 bits per heavy atom. The van der Waals surface area contributed by atoms with Crippen molar-refractivity contribution in [3.63, 3.8) is 0 Å². The van der Waals surface area contributed by atoms with Gasteiger partial charge in [-0.1, -0.05) is 0 Å². The van der Waals surface area contributed by atoms with E-state index in [1.54, 1.807) is 22.6 Å². The lowest BCUT2D eigenvalue weighted by Crippen LogP contribution is -2.14.